The van der Waals surface area contributed by atoms with Crippen molar-refractivity contribution >= 4 is 0 Å². The van der Waals surface area contributed by atoms with Crippen molar-refractivity contribution in [1.29, 1.82) is 0 Å². The summed E-state index contributed by atoms with van der Waals surface area (Å²) in [6, 6.07) is 0. The van der Waals surface area contributed by atoms with E-state index in [1.807, 2.05) is 0 Å². The fourth-order valence-electron chi connectivity index (χ4n) is 1.02. The molecular weight excluding hydrogens is 180 g/mol. The van der Waals surface area contributed by atoms with Gasteiger partial charge in [0.1, 0.15) is 0 Å². The van der Waals surface area contributed by atoms with Gasteiger partial charge in [-0.1, -0.05) is 0 Å². The SMILES string of the molecule is COC1=C(CO)C(F)(F)C1(F)F. The number of hydrogen-bond donors (Lipinski definition) is 1. The van der Waals surface area contributed by atoms with Crippen molar-refractivity contribution in [3.8, 4) is 0 Å². The van der Waals surface area contributed by atoms with Gasteiger partial charge >= 0.3 is 11.8 Å². The van der Waals surface area contributed by atoms with Gasteiger partial charge in [0.25, 0.3) is 0 Å². The van der Waals surface area contributed by atoms with Crippen LogP contribution in [0.3, 0.4) is 0 Å². The standard InChI is InChI=1S/C6H6F4O2/c1-12-4-3(2-11)5(7,8)6(4,9)10/h11H,2H2,1H3. The molecule has 12 heavy (non-hydrogen) atoms. The van der Waals surface area contributed by atoms with Crippen LogP contribution in [-0.4, -0.2) is 30.7 Å². The van der Waals surface area contributed by atoms with Crippen molar-refractivity contribution in [2.75, 3.05) is 13.7 Å². The Kier molecular flexibility index (Phi) is 1.82. The Balaban J connectivity index is 3.09. The van der Waals surface area contributed by atoms with E-state index < -0.39 is 29.8 Å². The van der Waals surface area contributed by atoms with Gasteiger partial charge in [-0.2, -0.15) is 17.6 Å². The van der Waals surface area contributed by atoms with E-state index in [2.05, 4.69) is 4.74 Å². The molecule has 0 aromatic heterocycles. The average molecular weight is 186 g/mol. The zero-order valence-electron chi connectivity index (χ0n) is 6.07. The van der Waals surface area contributed by atoms with Gasteiger partial charge < -0.3 is 9.84 Å². The summed E-state index contributed by atoms with van der Waals surface area (Å²) < 4.78 is 53.5. The maximum absolute atomic E-state index is 12.4. The molecule has 1 aliphatic carbocycles. The third kappa shape index (κ3) is 0.782. The molecule has 0 spiro atoms. The normalized spacial score (nSPS) is 25.2. The van der Waals surface area contributed by atoms with Crippen LogP contribution in [0.2, 0.25) is 0 Å². The second-order valence-electron chi connectivity index (χ2n) is 2.32. The second-order valence-corrected chi connectivity index (χ2v) is 2.32. The van der Waals surface area contributed by atoms with Gasteiger partial charge in [0, 0.05) is 0 Å². The van der Waals surface area contributed by atoms with Crippen LogP contribution in [-0.2, 0) is 4.74 Å². The molecule has 1 N–H and O–H groups in total. The lowest BCUT2D eigenvalue weighted by atomic mass is 9.87. The summed E-state index contributed by atoms with van der Waals surface area (Å²) >= 11 is 0. The van der Waals surface area contributed by atoms with Crippen molar-refractivity contribution in [1.82, 2.24) is 0 Å². The van der Waals surface area contributed by atoms with Crippen molar-refractivity contribution in [2.45, 2.75) is 11.8 Å². The van der Waals surface area contributed by atoms with E-state index in [0.29, 0.717) is 0 Å². The number of halogens is 4. The highest BCUT2D eigenvalue weighted by molar-refractivity contribution is 5.40. The Morgan fingerprint density at radius 3 is 2.00 bits per heavy atom. The zero-order valence-corrected chi connectivity index (χ0v) is 6.07. The van der Waals surface area contributed by atoms with Crippen molar-refractivity contribution in [3.05, 3.63) is 11.3 Å². The predicted octanol–water partition coefficient (Wildman–Crippen LogP) is 1.16. The third-order valence-electron chi connectivity index (χ3n) is 1.69. The Bertz CT molecular complexity index is 210. The average Bonchev–Trinajstić information content (AvgIpc) is 1.98. The van der Waals surface area contributed by atoms with Crippen LogP contribution in [0, 0.1) is 0 Å². The van der Waals surface area contributed by atoms with E-state index in [1.54, 1.807) is 0 Å². The van der Waals surface area contributed by atoms with E-state index in [9.17, 15) is 17.6 Å². The molecule has 6 heteroatoms. The van der Waals surface area contributed by atoms with Crippen molar-refractivity contribution in [2.24, 2.45) is 0 Å². The third-order valence-corrected chi connectivity index (χ3v) is 1.69. The van der Waals surface area contributed by atoms with Gasteiger partial charge in [-0.05, 0) is 0 Å². The van der Waals surface area contributed by atoms with Crippen LogP contribution in [0.5, 0.6) is 0 Å². The summed E-state index contributed by atoms with van der Waals surface area (Å²) in [5.74, 6) is -9.68. The van der Waals surface area contributed by atoms with Gasteiger partial charge in [-0.3, -0.25) is 0 Å². The Morgan fingerprint density at radius 2 is 1.75 bits per heavy atom. The van der Waals surface area contributed by atoms with Crippen LogP contribution < -0.4 is 0 Å². The monoisotopic (exact) mass is 186 g/mol. The number of allylic oxidation sites excluding steroid dienone is 1. The molecule has 0 atom stereocenters. The molecule has 0 unspecified atom stereocenters. The Hall–Kier alpha value is -0.780. The van der Waals surface area contributed by atoms with E-state index >= 15 is 0 Å². The van der Waals surface area contributed by atoms with Crippen LogP contribution in [0.1, 0.15) is 0 Å². The fraction of sp³-hybridized carbons (Fsp3) is 0.667. The summed E-state index contributed by atoms with van der Waals surface area (Å²) in [4.78, 5) is 0. The van der Waals surface area contributed by atoms with E-state index in [0.717, 1.165) is 7.11 Å². The largest absolute Gasteiger partial charge is 0.494 e. The molecule has 0 saturated heterocycles. The van der Waals surface area contributed by atoms with E-state index in [1.165, 1.54) is 0 Å². The smallest absolute Gasteiger partial charge is 0.370 e. The van der Waals surface area contributed by atoms with Crippen molar-refractivity contribution < 1.29 is 27.4 Å². The minimum Gasteiger partial charge on any atom is -0.494 e. The first-order chi connectivity index (χ1) is 5.39. The highest BCUT2D eigenvalue weighted by Gasteiger charge is 2.72. The Labute approximate surface area is 65.4 Å². The summed E-state index contributed by atoms with van der Waals surface area (Å²) in [7, 11) is 0.855. The number of ether oxygens (including phenoxy) is 1. The Morgan fingerprint density at radius 1 is 1.25 bits per heavy atom. The van der Waals surface area contributed by atoms with Gasteiger partial charge in [-0.25, -0.2) is 0 Å². The quantitative estimate of drug-likeness (QED) is 0.656. The van der Waals surface area contributed by atoms with Gasteiger partial charge in [0.2, 0.25) is 0 Å². The summed E-state index contributed by atoms with van der Waals surface area (Å²) in [5.41, 5.74) is -1.05. The fourth-order valence-corrected chi connectivity index (χ4v) is 1.02. The first-order valence-electron chi connectivity index (χ1n) is 3.04. The number of alkyl halides is 4. The minimum absolute atomic E-state index is 0.855. The molecule has 70 valence electrons. The number of hydrogen-bond acceptors (Lipinski definition) is 2. The van der Waals surface area contributed by atoms with E-state index in [-0.39, 0.29) is 0 Å². The highest BCUT2D eigenvalue weighted by atomic mass is 19.3. The highest BCUT2D eigenvalue weighted by Crippen LogP contribution is 2.55. The van der Waals surface area contributed by atoms with Crippen molar-refractivity contribution in [3.63, 3.8) is 0 Å². The van der Waals surface area contributed by atoms with Gasteiger partial charge in [-0.15, -0.1) is 0 Å². The molecule has 1 rings (SSSR count). The maximum Gasteiger partial charge on any atom is 0.370 e. The van der Waals surface area contributed by atoms with Crippen LogP contribution in [0.25, 0.3) is 0 Å². The topological polar surface area (TPSA) is 29.5 Å². The van der Waals surface area contributed by atoms with Crippen LogP contribution in [0.4, 0.5) is 17.6 Å². The number of methoxy groups -OCH3 is 1. The molecular formula is C6H6F4O2. The molecule has 1 aliphatic rings. The lowest BCUT2D eigenvalue weighted by Crippen LogP contribution is -2.55. The maximum atomic E-state index is 12.4. The van der Waals surface area contributed by atoms with Crippen LogP contribution >= 0.6 is 0 Å². The predicted molar refractivity (Wildman–Crippen MR) is 31.0 cm³/mol. The van der Waals surface area contributed by atoms with Gasteiger partial charge in [0.15, 0.2) is 5.76 Å². The zero-order chi connectivity index (χ0) is 9.57. The lowest BCUT2D eigenvalue weighted by molar-refractivity contribution is -0.219. The second kappa shape index (κ2) is 2.35. The molecule has 0 aliphatic heterocycles. The summed E-state index contributed by atoms with van der Waals surface area (Å²) in [6.45, 7) is -1.12. The first kappa shape index (κ1) is 9.31. The molecule has 2 nitrogen and oxygen atoms in total. The molecule has 0 heterocycles. The van der Waals surface area contributed by atoms with Gasteiger partial charge in [0.05, 0.1) is 19.3 Å². The lowest BCUT2D eigenvalue weighted by Gasteiger charge is -2.38. The molecule has 0 fully saturated rings. The summed E-state index contributed by atoms with van der Waals surface area (Å²) in [6.07, 6.45) is 0. The molecule has 0 saturated carbocycles. The molecule has 0 bridgehead atoms. The molecule has 0 aromatic rings. The summed E-state index contributed by atoms with van der Waals surface area (Å²) in [5, 5.41) is 8.30. The molecule has 0 amide bonds. The molecule has 0 radical (unpaired) electrons. The number of aliphatic hydroxyl groups excluding tert-OH is 1. The number of rotatable bonds is 2. The van der Waals surface area contributed by atoms with Crippen LogP contribution in [0.15, 0.2) is 11.3 Å². The first-order valence-corrected chi connectivity index (χ1v) is 3.04. The van der Waals surface area contributed by atoms with E-state index in [4.69, 9.17) is 5.11 Å². The minimum atomic E-state index is -4.28. The number of aliphatic hydroxyl groups is 1. The molecule has 0 aromatic carbocycles.